The molecule has 1 aliphatic rings. The Morgan fingerprint density at radius 2 is 1.41 bits per heavy atom. The minimum atomic E-state index is -3.67. The van der Waals surface area contributed by atoms with Crippen LogP contribution >= 0.6 is 0 Å². The van der Waals surface area contributed by atoms with Crippen LogP contribution in [0.4, 0.5) is 0 Å². The fourth-order valence-corrected chi connectivity index (χ4v) is 7.69. The predicted octanol–water partition coefficient (Wildman–Crippen LogP) is 1.79. The predicted molar refractivity (Wildman–Crippen MR) is 110 cm³/mol. The summed E-state index contributed by atoms with van der Waals surface area (Å²) in [7, 11) is -3.67. The number of rotatable bonds is 2. The summed E-state index contributed by atoms with van der Waals surface area (Å²) in [6, 6.07) is 24.6. The van der Waals surface area contributed by atoms with E-state index in [1.807, 2.05) is 42.5 Å². The Kier molecular flexibility index (Phi) is 3.83. The normalized spacial score (nSPS) is 13.2. The van der Waals surface area contributed by atoms with E-state index >= 15 is 0 Å². The van der Waals surface area contributed by atoms with Crippen molar-refractivity contribution < 1.29 is 8.42 Å². The van der Waals surface area contributed by atoms with E-state index in [4.69, 9.17) is 0 Å². The molecule has 0 radical (unpaired) electrons. The Balaban J connectivity index is 1.90. The quantitative estimate of drug-likeness (QED) is 0.450. The van der Waals surface area contributed by atoms with Gasteiger partial charge in [-0.15, -0.1) is 0 Å². The van der Waals surface area contributed by atoms with E-state index in [-0.39, 0.29) is 15.0 Å². The molecule has 5 heteroatoms. The van der Waals surface area contributed by atoms with Crippen molar-refractivity contribution >= 4 is 51.5 Å². The third-order valence-corrected chi connectivity index (χ3v) is 8.78. The number of hydrogen-bond acceptors (Lipinski definition) is 2. The van der Waals surface area contributed by atoms with E-state index in [0.29, 0.717) is 4.90 Å². The molecule has 0 saturated heterocycles. The number of hydrogen-bond donors (Lipinski definition) is 0. The third-order valence-electron chi connectivity index (χ3n) is 4.70. The van der Waals surface area contributed by atoms with E-state index in [1.165, 1.54) is 0 Å². The Bertz CT molecular complexity index is 1400. The number of fused-ring (bicyclic) bond motifs is 4. The Hall–Kier alpha value is -2.59. The molecular formula is C22H15NO2SSe. The van der Waals surface area contributed by atoms with Crippen molar-refractivity contribution in [1.82, 2.24) is 3.97 Å². The molecule has 132 valence electrons. The van der Waals surface area contributed by atoms with Gasteiger partial charge in [0.2, 0.25) is 0 Å². The summed E-state index contributed by atoms with van der Waals surface area (Å²) in [6.45, 7) is 0. The SMILES string of the molecule is O=S(=O)(c1ccccc1)n1c2c(c3ccccc31)C=c1ccccc1=C[Se]2. The summed E-state index contributed by atoms with van der Waals surface area (Å²) in [5, 5.41) is 3.25. The standard InChI is InChI=1S/C22H15NO2SSe/c24-26(25,18-10-2-1-3-11-18)23-21-13-7-6-12-19(21)20-14-16-8-4-5-9-17(16)15-27-22(20)23/h1-15H. The molecule has 3 aromatic carbocycles. The zero-order valence-electron chi connectivity index (χ0n) is 14.2. The van der Waals surface area contributed by atoms with Gasteiger partial charge in [-0.25, -0.2) is 0 Å². The molecule has 2 heterocycles. The Morgan fingerprint density at radius 3 is 2.22 bits per heavy atom. The summed E-state index contributed by atoms with van der Waals surface area (Å²) >= 11 is -0.112. The first kappa shape index (κ1) is 16.6. The van der Waals surface area contributed by atoms with Crippen LogP contribution in [0.3, 0.4) is 0 Å². The average Bonchev–Trinajstić information content (AvgIpc) is 2.89. The number of aromatic nitrogens is 1. The van der Waals surface area contributed by atoms with E-state index < -0.39 is 10.0 Å². The number of nitrogens with zero attached hydrogens (tertiary/aromatic N) is 1. The van der Waals surface area contributed by atoms with Gasteiger partial charge in [0, 0.05) is 0 Å². The summed E-state index contributed by atoms with van der Waals surface area (Å²) in [4.78, 5) is 2.48. The molecular weight excluding hydrogens is 421 g/mol. The van der Waals surface area contributed by atoms with Crippen LogP contribution in [0.25, 0.3) is 22.0 Å². The molecule has 1 aliphatic heterocycles. The molecule has 4 aromatic rings. The monoisotopic (exact) mass is 437 g/mol. The molecule has 0 spiro atoms. The van der Waals surface area contributed by atoms with Crippen LogP contribution in [-0.2, 0) is 10.0 Å². The van der Waals surface area contributed by atoms with Crippen molar-refractivity contribution in [3.63, 3.8) is 0 Å². The molecule has 27 heavy (non-hydrogen) atoms. The van der Waals surface area contributed by atoms with Crippen LogP contribution in [-0.4, -0.2) is 27.3 Å². The maximum absolute atomic E-state index is 13.5. The molecule has 0 saturated carbocycles. The van der Waals surface area contributed by atoms with Crippen LogP contribution in [0.2, 0.25) is 0 Å². The van der Waals surface area contributed by atoms with Gasteiger partial charge in [-0.05, 0) is 0 Å². The first-order valence-electron chi connectivity index (χ1n) is 8.54. The molecule has 0 fully saturated rings. The number of benzene rings is 3. The Morgan fingerprint density at radius 1 is 0.741 bits per heavy atom. The van der Waals surface area contributed by atoms with E-state index in [0.717, 1.165) is 31.5 Å². The average molecular weight is 436 g/mol. The van der Waals surface area contributed by atoms with Gasteiger partial charge >= 0.3 is 164 Å². The second-order valence-corrected chi connectivity index (χ2v) is 9.91. The Labute approximate surface area is 163 Å². The van der Waals surface area contributed by atoms with Crippen molar-refractivity contribution in [3.05, 3.63) is 94.9 Å². The van der Waals surface area contributed by atoms with E-state index in [9.17, 15) is 8.42 Å². The summed E-state index contributed by atoms with van der Waals surface area (Å²) in [6.07, 6.45) is 2.12. The van der Waals surface area contributed by atoms with Gasteiger partial charge in [-0.3, -0.25) is 0 Å². The van der Waals surface area contributed by atoms with Gasteiger partial charge in [-0.2, -0.15) is 0 Å². The van der Waals surface area contributed by atoms with E-state index in [2.05, 4.69) is 23.2 Å². The van der Waals surface area contributed by atoms with Gasteiger partial charge in [0.25, 0.3) is 0 Å². The topological polar surface area (TPSA) is 39.1 Å². The van der Waals surface area contributed by atoms with Crippen LogP contribution in [0, 0.1) is 0 Å². The minimum absolute atomic E-state index is 0.112. The zero-order valence-corrected chi connectivity index (χ0v) is 16.8. The van der Waals surface area contributed by atoms with Crippen LogP contribution in [0.5, 0.6) is 0 Å². The summed E-state index contributed by atoms with van der Waals surface area (Å²) < 4.78 is 29.4. The zero-order chi connectivity index (χ0) is 18.4. The molecule has 0 bridgehead atoms. The second kappa shape index (κ2) is 6.24. The second-order valence-electron chi connectivity index (χ2n) is 6.33. The van der Waals surface area contributed by atoms with Gasteiger partial charge in [0.15, 0.2) is 0 Å². The fourth-order valence-electron chi connectivity index (χ4n) is 3.42. The molecule has 0 atom stereocenters. The fraction of sp³-hybridized carbons (Fsp3) is 0. The van der Waals surface area contributed by atoms with Crippen molar-refractivity contribution in [1.29, 1.82) is 0 Å². The first-order chi connectivity index (χ1) is 13.2. The van der Waals surface area contributed by atoms with Gasteiger partial charge in [0.05, 0.1) is 0 Å². The van der Waals surface area contributed by atoms with Crippen LogP contribution < -0.4 is 15.0 Å². The van der Waals surface area contributed by atoms with E-state index in [1.54, 1.807) is 28.2 Å². The van der Waals surface area contributed by atoms with Crippen molar-refractivity contribution in [2.24, 2.45) is 0 Å². The number of para-hydroxylation sites is 1. The van der Waals surface area contributed by atoms with Gasteiger partial charge in [-0.1, -0.05) is 0 Å². The molecule has 1 aromatic heterocycles. The van der Waals surface area contributed by atoms with Gasteiger partial charge < -0.3 is 0 Å². The molecule has 0 amide bonds. The van der Waals surface area contributed by atoms with Crippen molar-refractivity contribution in [3.8, 4) is 0 Å². The van der Waals surface area contributed by atoms with Crippen molar-refractivity contribution in [2.75, 3.05) is 0 Å². The summed E-state index contributed by atoms with van der Waals surface area (Å²) in [5.74, 6) is 0. The first-order valence-corrected chi connectivity index (χ1v) is 11.8. The molecule has 0 unspecified atom stereocenters. The third kappa shape index (κ3) is 2.59. The van der Waals surface area contributed by atoms with Crippen molar-refractivity contribution in [2.45, 2.75) is 4.90 Å². The molecule has 0 N–H and O–H groups in total. The van der Waals surface area contributed by atoms with Gasteiger partial charge in [0.1, 0.15) is 0 Å². The maximum atomic E-state index is 13.5. The van der Waals surface area contributed by atoms with Crippen LogP contribution in [0.1, 0.15) is 5.56 Å². The molecule has 5 rings (SSSR count). The summed E-state index contributed by atoms with van der Waals surface area (Å²) in [5.41, 5.74) is 1.74. The van der Waals surface area contributed by atoms with Crippen LogP contribution in [0.15, 0.2) is 83.8 Å². The molecule has 0 aliphatic carbocycles. The molecule has 3 nitrogen and oxygen atoms in total.